The van der Waals surface area contributed by atoms with Crippen molar-refractivity contribution in [2.24, 2.45) is 0 Å². The fourth-order valence-electron chi connectivity index (χ4n) is 3.46. The third-order valence-electron chi connectivity index (χ3n) is 4.95. The fourth-order valence-corrected chi connectivity index (χ4v) is 4.09. The molecule has 0 bridgehead atoms. The Balaban J connectivity index is 1.83. The SMILES string of the molecule is CCC1C(=O)Nc2cnc(C(C=N)C(=N)c3nccs3)nc2N1c1cccc(C#N)c1. The summed E-state index contributed by atoms with van der Waals surface area (Å²) in [4.78, 5) is 27.6. The van der Waals surface area contributed by atoms with Crippen LogP contribution in [0.1, 0.15) is 35.7 Å². The largest absolute Gasteiger partial charge is 0.320 e. The number of benzene rings is 1. The molecule has 1 amide bonds. The van der Waals surface area contributed by atoms with Gasteiger partial charge in [0.2, 0.25) is 5.91 Å². The molecule has 0 fully saturated rings. The zero-order valence-corrected chi connectivity index (χ0v) is 17.3. The van der Waals surface area contributed by atoms with Crippen LogP contribution in [0.4, 0.5) is 17.2 Å². The Morgan fingerprint density at radius 1 is 1.45 bits per heavy atom. The highest BCUT2D eigenvalue weighted by molar-refractivity contribution is 7.11. The topological polar surface area (TPSA) is 142 Å². The molecule has 2 aromatic heterocycles. The molecule has 2 unspecified atom stereocenters. The number of carbonyl (C=O) groups is 1. The molecule has 0 spiro atoms. The lowest BCUT2D eigenvalue weighted by Crippen LogP contribution is -2.46. The number of hydrogen-bond acceptors (Lipinski definition) is 9. The van der Waals surface area contributed by atoms with Crippen molar-refractivity contribution in [1.82, 2.24) is 15.0 Å². The molecule has 3 aromatic rings. The number of anilines is 3. The van der Waals surface area contributed by atoms with Crippen molar-refractivity contribution in [3.8, 4) is 6.07 Å². The van der Waals surface area contributed by atoms with Crippen LogP contribution in [0.25, 0.3) is 0 Å². The van der Waals surface area contributed by atoms with Gasteiger partial charge in [0.25, 0.3) is 0 Å². The van der Waals surface area contributed by atoms with Crippen LogP contribution in [-0.2, 0) is 4.79 Å². The van der Waals surface area contributed by atoms with E-state index in [-0.39, 0.29) is 17.4 Å². The molecule has 0 radical (unpaired) electrons. The summed E-state index contributed by atoms with van der Waals surface area (Å²) in [5.41, 5.74) is 1.70. The van der Waals surface area contributed by atoms with Gasteiger partial charge in [-0.2, -0.15) is 5.26 Å². The summed E-state index contributed by atoms with van der Waals surface area (Å²) in [5, 5.41) is 30.7. The van der Waals surface area contributed by atoms with Crippen LogP contribution in [0, 0.1) is 22.1 Å². The molecule has 0 saturated carbocycles. The Morgan fingerprint density at radius 2 is 2.29 bits per heavy atom. The molecule has 0 saturated heterocycles. The number of carbonyl (C=O) groups excluding carboxylic acids is 1. The standard InChI is InChI=1S/C21H18N8OS/c1-2-16-20(30)27-15-11-26-18(14(10-23)17(24)21-25-6-7-31-21)28-19(15)29(16)13-5-3-4-12(8-13)9-22/h3-8,10-11,14,16,23-24H,2H2,1H3,(H,27,30). The third-order valence-corrected chi connectivity index (χ3v) is 5.75. The zero-order chi connectivity index (χ0) is 22.0. The highest BCUT2D eigenvalue weighted by atomic mass is 32.1. The maximum absolute atomic E-state index is 12.7. The summed E-state index contributed by atoms with van der Waals surface area (Å²) >= 11 is 1.31. The van der Waals surface area contributed by atoms with Crippen molar-refractivity contribution in [2.75, 3.05) is 10.2 Å². The van der Waals surface area contributed by atoms with Gasteiger partial charge in [-0.15, -0.1) is 11.3 Å². The lowest BCUT2D eigenvalue weighted by atomic mass is 10.0. The molecule has 1 aromatic carbocycles. The molecule has 10 heteroatoms. The van der Waals surface area contributed by atoms with Gasteiger partial charge in [-0.1, -0.05) is 13.0 Å². The predicted octanol–water partition coefficient (Wildman–Crippen LogP) is 3.47. The molecule has 9 nitrogen and oxygen atoms in total. The smallest absolute Gasteiger partial charge is 0.247 e. The van der Waals surface area contributed by atoms with E-state index in [1.165, 1.54) is 17.5 Å². The second-order valence-corrected chi connectivity index (χ2v) is 7.70. The van der Waals surface area contributed by atoms with Gasteiger partial charge in [0, 0.05) is 23.5 Å². The fraction of sp³-hybridized carbons (Fsp3) is 0.190. The number of aromatic nitrogens is 3. The van der Waals surface area contributed by atoms with Crippen molar-refractivity contribution in [3.63, 3.8) is 0 Å². The minimum Gasteiger partial charge on any atom is -0.320 e. The van der Waals surface area contributed by atoms with Gasteiger partial charge < -0.3 is 21.0 Å². The number of fused-ring (bicyclic) bond motifs is 1. The normalized spacial score (nSPS) is 16.1. The van der Waals surface area contributed by atoms with Crippen LogP contribution in [0.2, 0.25) is 0 Å². The first kappa shape index (κ1) is 20.3. The Morgan fingerprint density at radius 3 is 2.97 bits per heavy atom. The second-order valence-electron chi connectivity index (χ2n) is 6.81. The number of nitrogens with zero attached hydrogens (tertiary/aromatic N) is 5. The van der Waals surface area contributed by atoms with Crippen molar-refractivity contribution in [3.05, 3.63) is 58.4 Å². The van der Waals surface area contributed by atoms with E-state index in [4.69, 9.17) is 10.8 Å². The van der Waals surface area contributed by atoms with Crippen LogP contribution in [-0.4, -0.2) is 38.8 Å². The van der Waals surface area contributed by atoms with Crippen LogP contribution in [0.15, 0.2) is 42.0 Å². The summed E-state index contributed by atoms with van der Waals surface area (Å²) in [6.45, 7) is 1.90. The van der Waals surface area contributed by atoms with E-state index < -0.39 is 12.0 Å². The summed E-state index contributed by atoms with van der Waals surface area (Å²) in [6.07, 6.45) is 4.73. The lowest BCUT2D eigenvalue weighted by Gasteiger charge is -2.36. The van der Waals surface area contributed by atoms with Crippen LogP contribution in [0.3, 0.4) is 0 Å². The molecule has 3 N–H and O–H groups in total. The second kappa shape index (κ2) is 8.41. The van der Waals surface area contributed by atoms with E-state index in [1.54, 1.807) is 34.7 Å². The average Bonchev–Trinajstić information content (AvgIpc) is 3.34. The number of nitriles is 1. The van der Waals surface area contributed by atoms with Gasteiger partial charge in [-0.05, 0) is 24.6 Å². The van der Waals surface area contributed by atoms with E-state index in [9.17, 15) is 10.1 Å². The van der Waals surface area contributed by atoms with E-state index in [1.807, 2.05) is 13.0 Å². The van der Waals surface area contributed by atoms with Gasteiger partial charge >= 0.3 is 0 Å². The summed E-state index contributed by atoms with van der Waals surface area (Å²) < 4.78 is 0. The predicted molar refractivity (Wildman–Crippen MR) is 119 cm³/mol. The summed E-state index contributed by atoms with van der Waals surface area (Å²) in [6, 6.07) is 8.57. The Labute approximate surface area is 182 Å². The number of nitrogens with one attached hydrogen (secondary N) is 3. The van der Waals surface area contributed by atoms with Gasteiger partial charge in [0.05, 0.1) is 29.5 Å². The number of amides is 1. The quantitative estimate of drug-likeness (QED) is 0.511. The molecule has 31 heavy (non-hydrogen) atoms. The summed E-state index contributed by atoms with van der Waals surface area (Å²) in [5.74, 6) is -0.235. The first-order valence-electron chi connectivity index (χ1n) is 9.53. The Bertz CT molecular complexity index is 1200. The highest BCUT2D eigenvalue weighted by Gasteiger charge is 2.35. The lowest BCUT2D eigenvalue weighted by molar-refractivity contribution is -0.117. The van der Waals surface area contributed by atoms with Crippen molar-refractivity contribution < 1.29 is 4.79 Å². The third kappa shape index (κ3) is 3.67. The molecule has 0 aliphatic carbocycles. The van der Waals surface area contributed by atoms with Crippen molar-refractivity contribution in [2.45, 2.75) is 25.3 Å². The van der Waals surface area contributed by atoms with Crippen molar-refractivity contribution >= 4 is 46.4 Å². The van der Waals surface area contributed by atoms with Crippen LogP contribution < -0.4 is 10.2 Å². The molecule has 1 aliphatic heterocycles. The molecule has 1 aliphatic rings. The summed E-state index contributed by atoms with van der Waals surface area (Å²) in [7, 11) is 0. The van der Waals surface area contributed by atoms with E-state index in [0.717, 1.165) is 6.21 Å². The molecular formula is C21H18N8OS. The first-order chi connectivity index (χ1) is 15.1. The van der Waals surface area contributed by atoms with Gasteiger partial charge in [0.1, 0.15) is 22.6 Å². The van der Waals surface area contributed by atoms with Crippen molar-refractivity contribution in [1.29, 1.82) is 16.1 Å². The van der Waals surface area contributed by atoms with Gasteiger partial charge in [-0.25, -0.2) is 15.0 Å². The molecule has 154 valence electrons. The zero-order valence-electron chi connectivity index (χ0n) is 16.5. The number of thiazole rings is 1. The molecule has 4 rings (SSSR count). The maximum Gasteiger partial charge on any atom is 0.247 e. The number of hydrogen-bond donors (Lipinski definition) is 3. The minimum absolute atomic E-state index is 0.134. The average molecular weight is 430 g/mol. The molecule has 2 atom stereocenters. The van der Waals surface area contributed by atoms with Crippen LogP contribution in [0.5, 0.6) is 0 Å². The first-order valence-corrected chi connectivity index (χ1v) is 10.4. The van der Waals surface area contributed by atoms with E-state index >= 15 is 0 Å². The van der Waals surface area contributed by atoms with E-state index in [0.29, 0.717) is 34.2 Å². The number of rotatable bonds is 6. The Kier molecular flexibility index (Phi) is 5.51. The van der Waals surface area contributed by atoms with Gasteiger partial charge in [0.15, 0.2) is 5.82 Å². The van der Waals surface area contributed by atoms with Crippen LogP contribution >= 0.6 is 11.3 Å². The molecule has 3 heterocycles. The van der Waals surface area contributed by atoms with Gasteiger partial charge in [-0.3, -0.25) is 4.79 Å². The Hall–Kier alpha value is -3.97. The minimum atomic E-state index is -0.776. The van der Waals surface area contributed by atoms with E-state index in [2.05, 4.69) is 26.3 Å². The molecular weight excluding hydrogens is 412 g/mol. The maximum atomic E-state index is 12.7. The monoisotopic (exact) mass is 430 g/mol. The highest BCUT2D eigenvalue weighted by Crippen LogP contribution is 2.37.